The van der Waals surface area contributed by atoms with Gasteiger partial charge in [-0.3, -0.25) is 4.90 Å². The van der Waals surface area contributed by atoms with Crippen molar-refractivity contribution < 1.29 is 0 Å². The minimum atomic E-state index is 0.376. The lowest BCUT2D eigenvalue weighted by Crippen LogP contribution is -2.62. The smallest absolute Gasteiger partial charge is 0.141 e. The van der Waals surface area contributed by atoms with Gasteiger partial charge in [-0.15, -0.1) is 0 Å². The average Bonchev–Trinajstić information content (AvgIpc) is 3.12. The van der Waals surface area contributed by atoms with Crippen molar-refractivity contribution in [2.75, 3.05) is 13.1 Å². The van der Waals surface area contributed by atoms with Crippen LogP contribution in [0.5, 0.6) is 0 Å². The number of nitrogens with one attached hydrogen (secondary N) is 1. The van der Waals surface area contributed by atoms with Crippen LogP contribution in [0.15, 0.2) is 6.33 Å². The summed E-state index contributed by atoms with van der Waals surface area (Å²) in [4.78, 5) is 7.15. The summed E-state index contributed by atoms with van der Waals surface area (Å²) in [5.74, 6) is 1.12. The zero-order valence-electron chi connectivity index (χ0n) is 13.5. The number of hydrogen-bond acceptors (Lipinski definition) is 4. The average molecular weight is 291 g/mol. The summed E-state index contributed by atoms with van der Waals surface area (Å²) in [6.07, 6.45) is 9.64. The molecule has 118 valence electrons. The summed E-state index contributed by atoms with van der Waals surface area (Å²) < 4.78 is 2.03. The van der Waals surface area contributed by atoms with Crippen LogP contribution in [0.3, 0.4) is 0 Å². The second-order valence-corrected chi connectivity index (χ2v) is 6.71. The molecule has 2 fully saturated rings. The Hall–Kier alpha value is -0.940. The van der Waals surface area contributed by atoms with Gasteiger partial charge in [-0.1, -0.05) is 26.2 Å². The zero-order chi connectivity index (χ0) is 14.7. The molecule has 0 amide bonds. The van der Waals surface area contributed by atoms with Crippen molar-refractivity contribution in [3.63, 3.8) is 0 Å². The van der Waals surface area contributed by atoms with Gasteiger partial charge in [0, 0.05) is 31.2 Å². The molecule has 1 aromatic heterocycles. The molecule has 2 heterocycles. The molecule has 1 aliphatic carbocycles. The summed E-state index contributed by atoms with van der Waals surface area (Å²) in [6.45, 7) is 8.58. The molecular formula is C16H29N5. The van der Waals surface area contributed by atoms with Gasteiger partial charge in [0.1, 0.15) is 12.2 Å². The Bertz CT molecular complexity index is 449. The third-order valence-corrected chi connectivity index (χ3v) is 5.26. The minimum Gasteiger partial charge on any atom is -0.308 e. The normalized spacial score (nSPS) is 25.7. The van der Waals surface area contributed by atoms with Gasteiger partial charge < -0.3 is 5.32 Å². The van der Waals surface area contributed by atoms with Crippen LogP contribution in [-0.2, 0) is 13.1 Å². The molecule has 0 bridgehead atoms. The highest BCUT2D eigenvalue weighted by Gasteiger charge is 2.40. The lowest BCUT2D eigenvalue weighted by Gasteiger charge is -2.46. The largest absolute Gasteiger partial charge is 0.308 e. The van der Waals surface area contributed by atoms with Gasteiger partial charge >= 0.3 is 0 Å². The first-order valence-electron chi connectivity index (χ1n) is 8.62. The van der Waals surface area contributed by atoms with Crippen LogP contribution >= 0.6 is 0 Å². The van der Waals surface area contributed by atoms with Crippen LogP contribution in [0, 0.1) is 0 Å². The first kappa shape index (κ1) is 15.0. The van der Waals surface area contributed by atoms with Crippen molar-refractivity contribution in [3.05, 3.63) is 12.2 Å². The molecule has 0 aromatic carbocycles. The van der Waals surface area contributed by atoms with Crippen LogP contribution < -0.4 is 5.32 Å². The Balaban J connectivity index is 1.74. The van der Waals surface area contributed by atoms with Gasteiger partial charge in [0.15, 0.2) is 0 Å². The fraction of sp³-hybridized carbons (Fsp3) is 0.875. The van der Waals surface area contributed by atoms with Gasteiger partial charge in [0.05, 0.1) is 6.54 Å². The van der Waals surface area contributed by atoms with E-state index in [9.17, 15) is 0 Å². The van der Waals surface area contributed by atoms with E-state index in [1.54, 1.807) is 6.33 Å². The fourth-order valence-corrected chi connectivity index (χ4v) is 4.08. The van der Waals surface area contributed by atoms with Crippen molar-refractivity contribution in [3.8, 4) is 0 Å². The molecular weight excluding hydrogens is 262 g/mol. The predicted octanol–water partition coefficient (Wildman–Crippen LogP) is 2.18. The Morgan fingerprint density at radius 2 is 2.14 bits per heavy atom. The highest BCUT2D eigenvalue weighted by atomic mass is 15.4. The maximum atomic E-state index is 4.48. The first-order chi connectivity index (χ1) is 10.3. The van der Waals surface area contributed by atoms with Crippen molar-refractivity contribution in [2.45, 2.75) is 77.0 Å². The molecule has 1 unspecified atom stereocenters. The molecule has 1 saturated heterocycles. The van der Waals surface area contributed by atoms with E-state index in [1.807, 2.05) is 4.68 Å². The van der Waals surface area contributed by atoms with E-state index in [-0.39, 0.29) is 0 Å². The van der Waals surface area contributed by atoms with E-state index in [4.69, 9.17) is 0 Å². The second kappa shape index (κ2) is 6.44. The van der Waals surface area contributed by atoms with Crippen molar-refractivity contribution in [1.29, 1.82) is 0 Å². The van der Waals surface area contributed by atoms with Gasteiger partial charge in [0.2, 0.25) is 0 Å². The van der Waals surface area contributed by atoms with Crippen LogP contribution in [0.25, 0.3) is 0 Å². The van der Waals surface area contributed by atoms with Gasteiger partial charge in [-0.05, 0) is 26.2 Å². The third-order valence-electron chi connectivity index (χ3n) is 5.26. The monoisotopic (exact) mass is 291 g/mol. The summed E-state index contributed by atoms with van der Waals surface area (Å²) in [5, 5.41) is 8.21. The molecule has 1 spiro atoms. The van der Waals surface area contributed by atoms with E-state index in [2.05, 4.69) is 34.1 Å². The summed E-state index contributed by atoms with van der Waals surface area (Å²) in [6, 6.07) is 0.642. The highest BCUT2D eigenvalue weighted by molar-refractivity contribution is 5.02. The van der Waals surface area contributed by atoms with E-state index >= 15 is 0 Å². The lowest BCUT2D eigenvalue weighted by atomic mass is 9.91. The summed E-state index contributed by atoms with van der Waals surface area (Å²) in [5.41, 5.74) is 0.376. The van der Waals surface area contributed by atoms with E-state index in [0.717, 1.165) is 25.5 Å². The summed E-state index contributed by atoms with van der Waals surface area (Å²) >= 11 is 0. The predicted molar refractivity (Wildman–Crippen MR) is 84.0 cm³/mol. The molecule has 3 rings (SSSR count). The lowest BCUT2D eigenvalue weighted by molar-refractivity contribution is 0.0656. The Kier molecular flexibility index (Phi) is 4.60. The molecule has 1 N–H and O–H groups in total. The number of aromatic nitrogens is 3. The van der Waals surface area contributed by atoms with Gasteiger partial charge in [-0.2, -0.15) is 5.10 Å². The molecule has 21 heavy (non-hydrogen) atoms. The van der Waals surface area contributed by atoms with Crippen LogP contribution in [-0.4, -0.2) is 44.3 Å². The highest BCUT2D eigenvalue weighted by Crippen LogP contribution is 2.34. The van der Waals surface area contributed by atoms with Gasteiger partial charge in [0.25, 0.3) is 0 Å². The molecule has 1 atom stereocenters. The fourth-order valence-electron chi connectivity index (χ4n) is 4.08. The number of piperazine rings is 1. The number of hydrogen-bond donors (Lipinski definition) is 1. The van der Waals surface area contributed by atoms with Crippen LogP contribution in [0.1, 0.15) is 58.2 Å². The Morgan fingerprint density at radius 1 is 1.33 bits per heavy atom. The Labute approximate surface area is 128 Å². The Morgan fingerprint density at radius 3 is 2.86 bits per heavy atom. The summed E-state index contributed by atoms with van der Waals surface area (Å²) in [7, 11) is 0. The van der Waals surface area contributed by atoms with E-state index < -0.39 is 0 Å². The number of rotatable bonds is 5. The van der Waals surface area contributed by atoms with Crippen molar-refractivity contribution in [2.24, 2.45) is 0 Å². The molecule has 1 aromatic rings. The topological polar surface area (TPSA) is 46.0 Å². The minimum absolute atomic E-state index is 0.376. The van der Waals surface area contributed by atoms with E-state index in [0.29, 0.717) is 11.6 Å². The number of nitrogens with zero attached hydrogens (tertiary/aromatic N) is 4. The molecule has 5 nitrogen and oxygen atoms in total. The molecule has 1 aliphatic heterocycles. The second-order valence-electron chi connectivity index (χ2n) is 6.71. The van der Waals surface area contributed by atoms with Crippen LogP contribution in [0.4, 0.5) is 0 Å². The maximum Gasteiger partial charge on any atom is 0.141 e. The zero-order valence-corrected chi connectivity index (χ0v) is 13.5. The van der Waals surface area contributed by atoms with Gasteiger partial charge in [-0.25, -0.2) is 9.67 Å². The van der Waals surface area contributed by atoms with Crippen molar-refractivity contribution in [1.82, 2.24) is 25.0 Å². The quantitative estimate of drug-likeness (QED) is 0.903. The molecule has 2 aliphatic rings. The van der Waals surface area contributed by atoms with Crippen molar-refractivity contribution >= 4 is 0 Å². The molecule has 5 heteroatoms. The standard InChI is InChI=1S/C16H29N5/c1-3-7-14-10-18-16(8-5-6-9-16)12-20(14)11-15-17-13-19-21(15)4-2/h13-14,18H,3-12H2,1-2H3. The van der Waals surface area contributed by atoms with E-state index in [1.165, 1.54) is 45.1 Å². The maximum absolute atomic E-state index is 4.48. The molecule has 0 radical (unpaired) electrons. The number of aryl methyl sites for hydroxylation is 1. The third kappa shape index (κ3) is 3.14. The first-order valence-corrected chi connectivity index (χ1v) is 8.62. The SMILES string of the molecule is CCCC1CNC2(CCCC2)CN1Cc1ncnn1CC. The van der Waals surface area contributed by atoms with Crippen LogP contribution in [0.2, 0.25) is 0 Å². The molecule has 1 saturated carbocycles.